The van der Waals surface area contributed by atoms with Gasteiger partial charge in [-0.15, -0.1) is 0 Å². The van der Waals surface area contributed by atoms with Crippen molar-refractivity contribution in [1.29, 1.82) is 0 Å². The number of esters is 1. The summed E-state index contributed by atoms with van der Waals surface area (Å²) < 4.78 is 6.18. The van der Waals surface area contributed by atoms with E-state index in [1.165, 1.54) is 25.1 Å². The third-order valence-electron chi connectivity index (χ3n) is 3.59. The Hall–Kier alpha value is -2.09. The summed E-state index contributed by atoms with van der Waals surface area (Å²) in [5.41, 5.74) is -1.09. The van der Waals surface area contributed by atoms with Gasteiger partial charge in [0.25, 0.3) is 0 Å². The van der Waals surface area contributed by atoms with Crippen molar-refractivity contribution < 1.29 is 24.5 Å². The topological polar surface area (TPSA) is 105 Å². The number of nitrogens with zero attached hydrogens (tertiary/aromatic N) is 3. The van der Waals surface area contributed by atoms with Crippen LogP contribution < -0.4 is 0 Å². The van der Waals surface area contributed by atoms with E-state index in [1.54, 1.807) is 11.6 Å². The predicted molar refractivity (Wildman–Crippen MR) is 66.8 cm³/mol. The van der Waals surface area contributed by atoms with Crippen LogP contribution in [0.3, 0.4) is 0 Å². The molecule has 1 aromatic rings. The van der Waals surface area contributed by atoms with E-state index in [1.807, 2.05) is 0 Å². The van der Waals surface area contributed by atoms with E-state index in [2.05, 4.69) is 9.84 Å². The van der Waals surface area contributed by atoms with Gasteiger partial charge in [0.2, 0.25) is 0 Å². The van der Waals surface area contributed by atoms with E-state index in [0.717, 1.165) is 0 Å². The van der Waals surface area contributed by atoms with Crippen LogP contribution in [0, 0.1) is 0 Å². The van der Waals surface area contributed by atoms with E-state index in [4.69, 9.17) is 5.11 Å². The first kappa shape index (κ1) is 14.3. The average Bonchev–Trinajstić information content (AvgIpc) is 2.79. The minimum absolute atomic E-state index is 0.0684. The quantitative estimate of drug-likeness (QED) is 0.748. The van der Waals surface area contributed by atoms with Crippen LogP contribution in [0.25, 0.3) is 0 Å². The van der Waals surface area contributed by atoms with E-state index < -0.39 is 17.7 Å². The van der Waals surface area contributed by atoms with Gasteiger partial charge in [-0.25, -0.2) is 9.59 Å². The molecule has 0 aromatic carbocycles. The number of amides is 1. The highest BCUT2D eigenvalue weighted by molar-refractivity contribution is 5.80. The smallest absolute Gasteiger partial charge is 0.407 e. The van der Waals surface area contributed by atoms with Crippen LogP contribution in [0.1, 0.15) is 25.1 Å². The minimum Gasteiger partial charge on any atom is -0.467 e. The molecule has 0 fully saturated rings. The van der Waals surface area contributed by atoms with Crippen LogP contribution in [0.4, 0.5) is 4.79 Å². The van der Waals surface area contributed by atoms with Crippen molar-refractivity contribution in [2.45, 2.75) is 38.6 Å². The van der Waals surface area contributed by atoms with Crippen molar-refractivity contribution in [3.8, 4) is 0 Å². The Kier molecular flexibility index (Phi) is 3.43. The fraction of sp³-hybridized carbons (Fsp3) is 0.583. The highest BCUT2D eigenvalue weighted by atomic mass is 16.5. The maximum atomic E-state index is 11.7. The second-order valence-corrected chi connectivity index (χ2v) is 5.01. The van der Waals surface area contributed by atoms with Crippen molar-refractivity contribution in [3.05, 3.63) is 17.5 Å². The van der Waals surface area contributed by atoms with Crippen LogP contribution in [0.2, 0.25) is 0 Å². The zero-order chi connectivity index (χ0) is 15.1. The number of carbonyl (C=O) groups is 2. The maximum absolute atomic E-state index is 11.7. The SMILES string of the molecule is COC(=O)C(C)(O)c1cnn2c1CN(C(=O)O)[C@@H](C)C2. The number of methoxy groups -OCH3 is 1. The lowest BCUT2D eigenvalue weighted by Gasteiger charge is -2.33. The van der Waals surface area contributed by atoms with Gasteiger partial charge in [0.05, 0.1) is 38.1 Å². The Balaban J connectivity index is 2.42. The van der Waals surface area contributed by atoms with Crippen LogP contribution in [0.5, 0.6) is 0 Å². The first-order valence-electron chi connectivity index (χ1n) is 6.14. The molecule has 8 nitrogen and oxygen atoms in total. The lowest BCUT2D eigenvalue weighted by molar-refractivity contribution is -0.161. The number of fused-ring (bicyclic) bond motifs is 1. The molecule has 2 atom stereocenters. The lowest BCUT2D eigenvalue weighted by Crippen LogP contribution is -2.45. The van der Waals surface area contributed by atoms with Crippen molar-refractivity contribution in [3.63, 3.8) is 0 Å². The number of aliphatic hydroxyl groups is 1. The summed E-state index contributed by atoms with van der Waals surface area (Å²) in [5, 5.41) is 23.6. The molecule has 1 aliphatic rings. The first-order chi connectivity index (χ1) is 9.28. The van der Waals surface area contributed by atoms with Gasteiger partial charge in [0.1, 0.15) is 0 Å². The minimum atomic E-state index is -1.85. The van der Waals surface area contributed by atoms with Gasteiger partial charge in [-0.2, -0.15) is 5.10 Å². The average molecular weight is 283 g/mol. The Morgan fingerprint density at radius 1 is 1.55 bits per heavy atom. The fourth-order valence-corrected chi connectivity index (χ4v) is 2.37. The highest BCUT2D eigenvalue weighted by Crippen LogP contribution is 2.29. The number of aromatic nitrogens is 2. The predicted octanol–water partition coefficient (Wildman–Crippen LogP) is 0.146. The fourth-order valence-electron chi connectivity index (χ4n) is 2.37. The number of rotatable bonds is 2. The monoisotopic (exact) mass is 283 g/mol. The van der Waals surface area contributed by atoms with E-state index in [-0.39, 0.29) is 18.2 Å². The molecule has 0 aliphatic carbocycles. The summed E-state index contributed by atoms with van der Waals surface area (Å²) in [5.74, 6) is -0.811. The van der Waals surface area contributed by atoms with Crippen molar-refractivity contribution >= 4 is 12.1 Å². The van der Waals surface area contributed by atoms with Gasteiger partial charge in [-0.05, 0) is 13.8 Å². The lowest BCUT2D eigenvalue weighted by atomic mass is 9.95. The highest BCUT2D eigenvalue weighted by Gasteiger charge is 2.40. The molecule has 0 radical (unpaired) electrons. The maximum Gasteiger partial charge on any atom is 0.407 e. The molecule has 0 saturated heterocycles. The van der Waals surface area contributed by atoms with Crippen molar-refractivity contribution in [2.75, 3.05) is 7.11 Å². The molecule has 0 bridgehead atoms. The number of ether oxygens (including phenoxy) is 1. The summed E-state index contributed by atoms with van der Waals surface area (Å²) in [6.07, 6.45) is 0.332. The zero-order valence-corrected chi connectivity index (χ0v) is 11.5. The van der Waals surface area contributed by atoms with E-state index in [9.17, 15) is 14.7 Å². The Morgan fingerprint density at radius 3 is 2.75 bits per heavy atom. The van der Waals surface area contributed by atoms with Crippen LogP contribution in [-0.2, 0) is 28.2 Å². The zero-order valence-electron chi connectivity index (χ0n) is 11.5. The van der Waals surface area contributed by atoms with Crippen LogP contribution in [0.15, 0.2) is 6.20 Å². The van der Waals surface area contributed by atoms with Crippen molar-refractivity contribution in [2.24, 2.45) is 0 Å². The van der Waals surface area contributed by atoms with Crippen LogP contribution in [-0.4, -0.2) is 50.1 Å². The second kappa shape index (κ2) is 4.78. The normalized spacial score (nSPS) is 21.0. The van der Waals surface area contributed by atoms with E-state index in [0.29, 0.717) is 12.2 Å². The van der Waals surface area contributed by atoms with Gasteiger partial charge in [-0.1, -0.05) is 0 Å². The molecular weight excluding hydrogens is 266 g/mol. The second-order valence-electron chi connectivity index (χ2n) is 5.01. The molecule has 8 heteroatoms. The molecule has 1 amide bonds. The van der Waals surface area contributed by atoms with Gasteiger partial charge < -0.3 is 14.9 Å². The number of hydrogen-bond acceptors (Lipinski definition) is 5. The summed E-state index contributed by atoms with van der Waals surface area (Å²) in [6.45, 7) is 3.52. The molecule has 0 spiro atoms. The van der Waals surface area contributed by atoms with Gasteiger partial charge in [0, 0.05) is 5.56 Å². The number of hydrogen-bond donors (Lipinski definition) is 2. The standard InChI is InChI=1S/C12H17N3O5/c1-7-5-15-9(6-14(7)11(17)18)8(4-13-15)12(2,19)10(16)20-3/h4,7,19H,5-6H2,1-3H3,(H,17,18)/t7-,12?/m0/s1. The molecule has 20 heavy (non-hydrogen) atoms. The molecule has 1 unspecified atom stereocenters. The summed E-state index contributed by atoms with van der Waals surface area (Å²) in [7, 11) is 1.18. The van der Waals surface area contributed by atoms with Gasteiger partial charge in [-0.3, -0.25) is 9.58 Å². The van der Waals surface area contributed by atoms with Crippen LogP contribution >= 0.6 is 0 Å². The van der Waals surface area contributed by atoms with E-state index >= 15 is 0 Å². The van der Waals surface area contributed by atoms with Crippen molar-refractivity contribution in [1.82, 2.24) is 14.7 Å². The third-order valence-corrected chi connectivity index (χ3v) is 3.59. The molecule has 2 heterocycles. The summed E-state index contributed by atoms with van der Waals surface area (Å²) in [4.78, 5) is 24.1. The largest absolute Gasteiger partial charge is 0.467 e. The summed E-state index contributed by atoms with van der Waals surface area (Å²) >= 11 is 0. The Morgan fingerprint density at radius 2 is 2.20 bits per heavy atom. The molecule has 1 aliphatic heterocycles. The molecule has 2 rings (SSSR count). The molecule has 110 valence electrons. The molecule has 0 saturated carbocycles. The van der Waals surface area contributed by atoms with Gasteiger partial charge in [0.15, 0.2) is 5.60 Å². The molecule has 1 aromatic heterocycles. The first-order valence-corrected chi connectivity index (χ1v) is 6.14. The number of carbonyl (C=O) groups excluding carboxylic acids is 1. The third kappa shape index (κ3) is 2.11. The summed E-state index contributed by atoms with van der Waals surface area (Å²) in [6, 6.07) is -0.226. The number of carboxylic acid groups (broad SMARTS) is 1. The Bertz CT molecular complexity index is 551. The molecule has 2 N–H and O–H groups in total. The Labute approximate surface area is 115 Å². The molecular formula is C12H17N3O5. The van der Waals surface area contributed by atoms with Gasteiger partial charge >= 0.3 is 12.1 Å².